The normalized spacial score (nSPS) is 16.1. The van der Waals surface area contributed by atoms with E-state index in [9.17, 15) is 9.00 Å². The molecule has 0 aromatic carbocycles. The molecule has 0 N–H and O–H groups in total. The van der Waals surface area contributed by atoms with Crippen molar-refractivity contribution in [2.45, 2.75) is 36.9 Å². The molecule has 3 rings (SSSR count). The maximum atomic E-state index is 12.3. The van der Waals surface area contributed by atoms with Crippen LogP contribution in [-0.4, -0.2) is 14.5 Å². The van der Waals surface area contributed by atoms with E-state index in [4.69, 9.17) is 11.6 Å². The number of hydrogen-bond acceptors (Lipinski definition) is 4. The summed E-state index contributed by atoms with van der Waals surface area (Å²) in [6, 6.07) is 1.68. The van der Waals surface area contributed by atoms with Gasteiger partial charge in [-0.3, -0.25) is 9.36 Å². The molecular formula is C12H11ClN3O2S+. The highest BCUT2D eigenvalue weighted by molar-refractivity contribution is 7.65. The monoisotopic (exact) mass is 296 g/mol. The first-order valence-corrected chi connectivity index (χ1v) is 7.20. The Kier molecular flexibility index (Phi) is 3.28. The molecule has 0 atom stereocenters. The van der Waals surface area contributed by atoms with Gasteiger partial charge in [0.25, 0.3) is 5.56 Å². The van der Waals surface area contributed by atoms with E-state index < -0.39 is 0 Å². The Hall–Kier alpha value is -1.40. The highest BCUT2D eigenvalue weighted by Crippen LogP contribution is 2.30. The third-order valence-electron chi connectivity index (χ3n) is 3.47. The summed E-state index contributed by atoms with van der Waals surface area (Å²) in [6.45, 7) is 0. The fraction of sp³-hybridized carbons (Fsp3) is 0.417. The van der Waals surface area contributed by atoms with Crippen molar-refractivity contribution in [3.63, 3.8) is 0 Å². The average Bonchev–Trinajstić information content (AvgIpc) is 2.93. The Morgan fingerprint density at radius 3 is 2.79 bits per heavy atom. The van der Waals surface area contributed by atoms with Crippen molar-refractivity contribution in [2.75, 3.05) is 0 Å². The van der Waals surface area contributed by atoms with Gasteiger partial charge in [0.05, 0.1) is 0 Å². The molecule has 0 aliphatic heterocycles. The lowest BCUT2D eigenvalue weighted by Gasteiger charge is -2.15. The third-order valence-corrected chi connectivity index (χ3v) is 4.09. The zero-order valence-electron chi connectivity index (χ0n) is 10.0. The molecular weight excluding hydrogens is 286 g/mol. The zero-order valence-corrected chi connectivity index (χ0v) is 11.6. The van der Waals surface area contributed by atoms with Crippen molar-refractivity contribution >= 4 is 34.3 Å². The van der Waals surface area contributed by atoms with Crippen LogP contribution in [0.5, 0.6) is 0 Å². The van der Waals surface area contributed by atoms with Gasteiger partial charge in [-0.2, -0.15) is 9.97 Å². The van der Waals surface area contributed by atoms with Gasteiger partial charge in [0.15, 0.2) is 5.65 Å². The van der Waals surface area contributed by atoms with E-state index in [0.717, 1.165) is 25.7 Å². The molecule has 0 saturated heterocycles. The maximum absolute atomic E-state index is 12.3. The number of halogens is 1. The molecule has 19 heavy (non-hydrogen) atoms. The van der Waals surface area contributed by atoms with E-state index in [2.05, 4.69) is 9.97 Å². The molecule has 0 radical (unpaired) electrons. The van der Waals surface area contributed by atoms with Crippen LogP contribution >= 0.6 is 11.6 Å². The van der Waals surface area contributed by atoms with Crippen LogP contribution in [0.4, 0.5) is 0 Å². The van der Waals surface area contributed by atoms with Crippen LogP contribution in [0, 0.1) is 0 Å². The molecule has 2 aromatic rings. The van der Waals surface area contributed by atoms with Crippen LogP contribution < -0.4 is 5.56 Å². The standard InChI is InChI=1S/C12H11ClN3O2S/c13-9-5-7-6-14-12(19-18)15-10(7)16(11(9)17)8-3-1-2-4-8/h5-6,8H,1-4H2/q+1. The van der Waals surface area contributed by atoms with Crippen LogP contribution in [0.25, 0.3) is 11.0 Å². The van der Waals surface area contributed by atoms with Crippen LogP contribution in [0.2, 0.25) is 5.02 Å². The zero-order chi connectivity index (χ0) is 13.4. The number of fused-ring (bicyclic) bond motifs is 1. The SMILES string of the molecule is O=[S+]c1ncc2cc(Cl)c(=O)n(C3CCCC3)c2n1. The molecule has 0 spiro atoms. The average molecular weight is 297 g/mol. The second-order valence-electron chi connectivity index (χ2n) is 4.62. The summed E-state index contributed by atoms with van der Waals surface area (Å²) in [5.74, 6) is 0. The molecule has 7 heteroatoms. The van der Waals surface area contributed by atoms with E-state index in [1.54, 1.807) is 16.8 Å². The number of rotatable bonds is 2. The van der Waals surface area contributed by atoms with E-state index >= 15 is 0 Å². The van der Waals surface area contributed by atoms with Gasteiger partial charge in [-0.1, -0.05) is 24.4 Å². The largest absolute Gasteiger partial charge is 0.550 e. The maximum Gasteiger partial charge on any atom is 0.550 e. The number of aromatic nitrogens is 3. The summed E-state index contributed by atoms with van der Waals surface area (Å²) in [4.78, 5) is 20.4. The smallest absolute Gasteiger partial charge is 0.288 e. The lowest BCUT2D eigenvalue weighted by Crippen LogP contribution is -2.25. The Labute approximate surface area is 118 Å². The van der Waals surface area contributed by atoms with Crippen molar-refractivity contribution in [1.29, 1.82) is 0 Å². The van der Waals surface area contributed by atoms with E-state index in [1.807, 2.05) is 0 Å². The van der Waals surface area contributed by atoms with Crippen LogP contribution in [0.3, 0.4) is 0 Å². The molecule has 1 aliphatic rings. The topological polar surface area (TPSA) is 64.8 Å². The third kappa shape index (κ3) is 2.15. The van der Waals surface area contributed by atoms with Crippen molar-refractivity contribution in [2.24, 2.45) is 0 Å². The van der Waals surface area contributed by atoms with Crippen molar-refractivity contribution in [1.82, 2.24) is 14.5 Å². The molecule has 2 heterocycles. The van der Waals surface area contributed by atoms with E-state index in [1.165, 1.54) is 0 Å². The second kappa shape index (κ2) is 4.94. The fourth-order valence-electron chi connectivity index (χ4n) is 2.61. The Morgan fingerprint density at radius 2 is 2.11 bits per heavy atom. The first-order valence-electron chi connectivity index (χ1n) is 6.08. The van der Waals surface area contributed by atoms with Gasteiger partial charge >= 0.3 is 16.8 Å². The quantitative estimate of drug-likeness (QED) is 0.630. The highest BCUT2D eigenvalue weighted by atomic mass is 35.5. The lowest BCUT2D eigenvalue weighted by atomic mass is 10.2. The minimum absolute atomic E-state index is 0.119. The Balaban J connectivity index is 2.34. The van der Waals surface area contributed by atoms with E-state index in [-0.39, 0.29) is 33.4 Å². The summed E-state index contributed by atoms with van der Waals surface area (Å²) >= 11 is 6.21. The molecule has 0 amide bonds. The van der Waals surface area contributed by atoms with Gasteiger partial charge in [0.1, 0.15) is 5.02 Å². The lowest BCUT2D eigenvalue weighted by molar-refractivity contribution is 0.514. The molecule has 1 fully saturated rings. The van der Waals surface area contributed by atoms with Gasteiger partial charge in [0, 0.05) is 21.8 Å². The molecule has 0 unspecified atom stereocenters. The van der Waals surface area contributed by atoms with Crippen molar-refractivity contribution in [3.05, 3.63) is 27.6 Å². The van der Waals surface area contributed by atoms with Crippen molar-refractivity contribution < 1.29 is 4.21 Å². The second-order valence-corrected chi connectivity index (χ2v) is 5.56. The van der Waals surface area contributed by atoms with Gasteiger partial charge in [-0.15, -0.1) is 0 Å². The number of pyridine rings is 1. The fourth-order valence-corrected chi connectivity index (χ4v) is 3.04. The highest BCUT2D eigenvalue weighted by Gasteiger charge is 2.23. The van der Waals surface area contributed by atoms with Gasteiger partial charge in [-0.05, 0) is 18.9 Å². The van der Waals surface area contributed by atoms with Gasteiger partial charge in [0.2, 0.25) is 0 Å². The first-order chi connectivity index (χ1) is 9.20. The molecule has 98 valence electrons. The van der Waals surface area contributed by atoms with Crippen LogP contribution in [-0.2, 0) is 15.9 Å². The molecule has 0 bridgehead atoms. The Morgan fingerprint density at radius 1 is 1.37 bits per heavy atom. The van der Waals surface area contributed by atoms with Crippen molar-refractivity contribution in [3.8, 4) is 0 Å². The summed E-state index contributed by atoms with van der Waals surface area (Å²) in [6.07, 6.45) is 5.62. The van der Waals surface area contributed by atoms with Crippen LogP contribution in [0.15, 0.2) is 22.2 Å². The molecule has 1 aliphatic carbocycles. The summed E-state index contributed by atoms with van der Waals surface area (Å²) < 4.78 is 12.5. The predicted octanol–water partition coefficient (Wildman–Crippen LogP) is 2.35. The molecule has 1 saturated carbocycles. The molecule has 5 nitrogen and oxygen atoms in total. The summed E-state index contributed by atoms with van der Waals surface area (Å²) in [7, 11) is 0. The minimum atomic E-state index is -0.235. The summed E-state index contributed by atoms with van der Waals surface area (Å²) in [5, 5.41) is 0.987. The Bertz CT molecular complexity index is 710. The van der Waals surface area contributed by atoms with E-state index in [0.29, 0.717) is 11.0 Å². The number of nitrogens with zero attached hydrogens (tertiary/aromatic N) is 3. The molecule has 2 aromatic heterocycles. The summed E-state index contributed by atoms with van der Waals surface area (Å²) in [5.41, 5.74) is 0.274. The predicted molar refractivity (Wildman–Crippen MR) is 72.6 cm³/mol. The van der Waals surface area contributed by atoms with Gasteiger partial charge in [-0.25, -0.2) is 0 Å². The minimum Gasteiger partial charge on any atom is -0.288 e. The van der Waals surface area contributed by atoms with Crippen LogP contribution in [0.1, 0.15) is 31.7 Å². The number of hydrogen-bond donors (Lipinski definition) is 0. The first kappa shape index (κ1) is 12.6. The van der Waals surface area contributed by atoms with Gasteiger partial charge < -0.3 is 0 Å².